The number of nitrogens with zero attached hydrogens (tertiary/aromatic N) is 3. The van der Waals surface area contributed by atoms with Crippen molar-refractivity contribution in [2.45, 2.75) is 52.9 Å². The highest BCUT2D eigenvalue weighted by Crippen LogP contribution is 2.50. The number of para-hydroxylation sites is 1. The molecule has 3 aromatic carbocycles. The number of rotatable bonds is 6. The normalized spacial score (nSPS) is 17.7. The largest absolute Gasteiger partial charge is 0.454 e. The van der Waals surface area contributed by atoms with E-state index in [2.05, 4.69) is 10.1 Å². The first kappa shape index (κ1) is 29.5. The molecule has 1 aliphatic carbocycles. The first-order chi connectivity index (χ1) is 22.1. The van der Waals surface area contributed by atoms with Gasteiger partial charge < -0.3 is 15.5 Å². The van der Waals surface area contributed by atoms with Crippen molar-refractivity contribution in [3.63, 3.8) is 0 Å². The SMILES string of the molecule is Cc1cc(-n2ncc(C(=O)c3cc4cc(C)c(N5C(=O)C(C)C6(CCCCC6)C5=O)cc4[nH]3)c2N)ccc1Oc1ccccc1F. The monoisotopic (exact) mass is 619 g/mol. The summed E-state index contributed by atoms with van der Waals surface area (Å²) in [6.07, 6.45) is 5.88. The Kier molecular flexibility index (Phi) is 7.03. The van der Waals surface area contributed by atoms with Crippen molar-refractivity contribution in [1.29, 1.82) is 0 Å². The summed E-state index contributed by atoms with van der Waals surface area (Å²) in [5.74, 6) is -0.710. The van der Waals surface area contributed by atoms with Crippen molar-refractivity contribution >= 4 is 40.0 Å². The molecule has 1 unspecified atom stereocenters. The second kappa shape index (κ2) is 11.0. The van der Waals surface area contributed by atoms with Crippen LogP contribution < -0.4 is 15.4 Å². The number of amides is 2. The molecule has 1 saturated carbocycles. The molecule has 2 aliphatic rings. The number of aryl methyl sites for hydroxylation is 2. The third kappa shape index (κ3) is 4.58. The van der Waals surface area contributed by atoms with Gasteiger partial charge in [0.2, 0.25) is 17.6 Å². The zero-order chi connectivity index (χ0) is 32.3. The topological polar surface area (TPSA) is 123 Å². The highest BCUT2D eigenvalue weighted by Gasteiger charge is 2.57. The fourth-order valence-corrected chi connectivity index (χ4v) is 7.05. The Balaban J connectivity index is 1.16. The van der Waals surface area contributed by atoms with Crippen molar-refractivity contribution in [2.24, 2.45) is 11.3 Å². The van der Waals surface area contributed by atoms with Gasteiger partial charge in [0.15, 0.2) is 11.6 Å². The Morgan fingerprint density at radius 2 is 1.76 bits per heavy atom. The van der Waals surface area contributed by atoms with Crippen LogP contribution in [0.2, 0.25) is 0 Å². The fourth-order valence-electron chi connectivity index (χ4n) is 7.05. The molecular formula is C36H34FN5O4. The highest BCUT2D eigenvalue weighted by atomic mass is 19.1. The van der Waals surface area contributed by atoms with E-state index in [0.717, 1.165) is 48.6 Å². The number of nitrogen functional groups attached to an aromatic ring is 1. The number of imide groups is 1. The van der Waals surface area contributed by atoms with Crippen LogP contribution in [0.4, 0.5) is 15.9 Å². The van der Waals surface area contributed by atoms with Crippen molar-refractivity contribution in [2.75, 3.05) is 10.6 Å². The Hall–Kier alpha value is -5.25. The van der Waals surface area contributed by atoms with Gasteiger partial charge in [0, 0.05) is 10.9 Å². The van der Waals surface area contributed by atoms with Crippen molar-refractivity contribution in [1.82, 2.24) is 14.8 Å². The molecule has 9 nitrogen and oxygen atoms in total. The maximum absolute atomic E-state index is 14.1. The smallest absolute Gasteiger partial charge is 0.240 e. The van der Waals surface area contributed by atoms with Crippen LogP contribution in [0.1, 0.15) is 66.2 Å². The molecule has 1 saturated heterocycles. The molecule has 3 N–H and O–H groups in total. The number of ether oxygens (including phenoxy) is 1. The number of hydrogen-bond donors (Lipinski definition) is 2. The summed E-state index contributed by atoms with van der Waals surface area (Å²) in [6.45, 7) is 5.58. The lowest BCUT2D eigenvalue weighted by molar-refractivity contribution is -0.129. The quantitative estimate of drug-likeness (QED) is 0.153. The number of ketones is 1. The summed E-state index contributed by atoms with van der Waals surface area (Å²) >= 11 is 0. The van der Waals surface area contributed by atoms with E-state index in [4.69, 9.17) is 10.5 Å². The van der Waals surface area contributed by atoms with Gasteiger partial charge in [0.25, 0.3) is 0 Å². The van der Waals surface area contributed by atoms with Crippen LogP contribution in [-0.2, 0) is 9.59 Å². The third-order valence-corrected chi connectivity index (χ3v) is 9.73. The maximum atomic E-state index is 14.1. The number of carbonyl (C=O) groups is 3. The van der Waals surface area contributed by atoms with Gasteiger partial charge in [-0.3, -0.25) is 14.4 Å². The summed E-state index contributed by atoms with van der Waals surface area (Å²) in [4.78, 5) is 45.5. The van der Waals surface area contributed by atoms with Gasteiger partial charge in [-0.05, 0) is 86.3 Å². The number of fused-ring (bicyclic) bond motifs is 1. The average Bonchev–Trinajstić information content (AvgIpc) is 3.69. The van der Waals surface area contributed by atoms with Gasteiger partial charge in [0.05, 0.1) is 40.2 Å². The molecule has 2 aromatic heterocycles. The minimum absolute atomic E-state index is 0.114. The van der Waals surface area contributed by atoms with Crippen LogP contribution in [0, 0.1) is 31.0 Å². The number of aromatic amines is 1. The lowest BCUT2D eigenvalue weighted by Crippen LogP contribution is -2.38. The first-order valence-electron chi connectivity index (χ1n) is 15.5. The zero-order valence-corrected chi connectivity index (χ0v) is 25.9. The van der Waals surface area contributed by atoms with Crippen LogP contribution in [0.5, 0.6) is 11.5 Å². The molecule has 234 valence electrons. The highest BCUT2D eigenvalue weighted by molar-refractivity contribution is 6.24. The molecule has 10 heteroatoms. The third-order valence-electron chi connectivity index (χ3n) is 9.73. The molecule has 2 fully saturated rings. The Bertz CT molecular complexity index is 2050. The molecule has 46 heavy (non-hydrogen) atoms. The Labute approximate surface area is 265 Å². The molecule has 5 aromatic rings. The van der Waals surface area contributed by atoms with Crippen LogP contribution in [0.3, 0.4) is 0 Å². The number of aromatic nitrogens is 3. The van der Waals surface area contributed by atoms with E-state index < -0.39 is 11.2 Å². The number of benzene rings is 3. The Morgan fingerprint density at radius 1 is 1.00 bits per heavy atom. The summed E-state index contributed by atoms with van der Waals surface area (Å²) in [5, 5.41) is 5.15. The standard InChI is InChI=1S/C36H34FN5O4/c1-20-15-23-17-28(40-27(23)18-29(20)41-34(44)22(3)36(35(41)45)13-7-4-8-14-36)32(43)25-19-39-42(33(25)38)24-11-12-30(21(2)16-24)46-31-10-6-5-9-26(31)37/h5-6,9-12,15-19,22,40H,4,7-8,13-14,38H2,1-3H3. The van der Waals surface area contributed by atoms with Gasteiger partial charge in [0.1, 0.15) is 11.6 Å². The molecular weight excluding hydrogens is 585 g/mol. The van der Waals surface area contributed by atoms with Gasteiger partial charge in [-0.15, -0.1) is 0 Å². The van der Waals surface area contributed by atoms with Gasteiger partial charge in [-0.2, -0.15) is 5.10 Å². The maximum Gasteiger partial charge on any atom is 0.240 e. The number of hydrogen-bond acceptors (Lipinski definition) is 6. The van der Waals surface area contributed by atoms with Gasteiger partial charge in [-0.1, -0.05) is 38.3 Å². The van der Waals surface area contributed by atoms with E-state index in [1.54, 1.807) is 48.5 Å². The molecule has 1 aliphatic heterocycles. The minimum Gasteiger partial charge on any atom is -0.454 e. The molecule has 7 rings (SSSR count). The second-order valence-electron chi connectivity index (χ2n) is 12.5. The van der Waals surface area contributed by atoms with Gasteiger partial charge >= 0.3 is 0 Å². The number of nitrogens with two attached hydrogens (primary N) is 1. The van der Waals surface area contributed by atoms with Crippen LogP contribution in [-0.4, -0.2) is 32.4 Å². The molecule has 1 spiro atoms. The zero-order valence-electron chi connectivity index (χ0n) is 25.9. The molecule has 2 amide bonds. The van der Waals surface area contributed by atoms with E-state index in [1.807, 2.05) is 26.8 Å². The average molecular weight is 620 g/mol. The van der Waals surface area contributed by atoms with E-state index in [0.29, 0.717) is 28.3 Å². The number of carbonyl (C=O) groups excluding carboxylic acids is 3. The fraction of sp³-hybridized carbons (Fsp3) is 0.278. The second-order valence-corrected chi connectivity index (χ2v) is 12.5. The van der Waals surface area contributed by atoms with Crippen molar-refractivity contribution in [3.05, 3.63) is 95.1 Å². The van der Waals surface area contributed by atoms with Crippen molar-refractivity contribution < 1.29 is 23.5 Å². The van der Waals surface area contributed by atoms with E-state index in [1.165, 1.54) is 21.8 Å². The van der Waals surface area contributed by atoms with Crippen LogP contribution in [0.15, 0.2) is 66.9 Å². The summed E-state index contributed by atoms with van der Waals surface area (Å²) in [7, 11) is 0. The van der Waals surface area contributed by atoms with E-state index >= 15 is 0 Å². The van der Waals surface area contributed by atoms with Crippen molar-refractivity contribution in [3.8, 4) is 17.2 Å². The lowest BCUT2D eigenvalue weighted by Gasteiger charge is -2.33. The lowest BCUT2D eigenvalue weighted by atomic mass is 9.68. The molecule has 0 bridgehead atoms. The minimum atomic E-state index is -0.628. The molecule has 1 atom stereocenters. The molecule has 3 heterocycles. The Morgan fingerprint density at radius 3 is 2.50 bits per heavy atom. The van der Waals surface area contributed by atoms with Crippen LogP contribution >= 0.6 is 0 Å². The van der Waals surface area contributed by atoms with E-state index in [-0.39, 0.29) is 40.6 Å². The first-order valence-corrected chi connectivity index (χ1v) is 15.5. The number of H-pyrrole nitrogens is 1. The predicted octanol–water partition coefficient (Wildman–Crippen LogP) is 7.17. The van der Waals surface area contributed by atoms with Gasteiger partial charge in [-0.25, -0.2) is 14.0 Å². The predicted molar refractivity (Wildman–Crippen MR) is 173 cm³/mol. The number of nitrogens with one attached hydrogen (secondary N) is 1. The summed E-state index contributed by atoms with van der Waals surface area (Å²) in [6, 6.07) is 16.8. The summed E-state index contributed by atoms with van der Waals surface area (Å²) < 4.78 is 21.3. The van der Waals surface area contributed by atoms with Crippen LogP contribution in [0.25, 0.3) is 16.6 Å². The summed E-state index contributed by atoms with van der Waals surface area (Å²) in [5.41, 5.74) is 9.62. The van der Waals surface area contributed by atoms with E-state index in [9.17, 15) is 18.8 Å². The molecule has 0 radical (unpaired) electrons. The number of anilines is 2. The number of halogens is 1.